The molecular weight excluding hydrogens is 633 g/mol. The number of halogens is 4. The third kappa shape index (κ3) is 6.76. The van der Waals surface area contributed by atoms with Gasteiger partial charge in [0.1, 0.15) is 23.9 Å². The van der Waals surface area contributed by atoms with Crippen LogP contribution in [0.5, 0.6) is 17.2 Å². The zero-order chi connectivity index (χ0) is 32.3. The van der Waals surface area contributed by atoms with Crippen LogP contribution in [0.4, 0.5) is 13.2 Å². The number of methoxy groups -OCH3 is 2. The number of hydrogen-bond acceptors (Lipinski definition) is 8. The van der Waals surface area contributed by atoms with Gasteiger partial charge in [-0.15, -0.1) is 0 Å². The predicted molar refractivity (Wildman–Crippen MR) is 163 cm³/mol. The molecular formula is C32H26ClF3N2O6S. The van der Waals surface area contributed by atoms with Crippen molar-refractivity contribution in [1.29, 1.82) is 0 Å². The van der Waals surface area contributed by atoms with Crippen LogP contribution in [-0.4, -0.2) is 37.5 Å². The van der Waals surface area contributed by atoms with Crippen molar-refractivity contribution in [2.75, 3.05) is 20.8 Å². The largest absolute Gasteiger partial charge is 0.497 e. The quantitative estimate of drug-likeness (QED) is 0.218. The van der Waals surface area contributed by atoms with Crippen molar-refractivity contribution < 1.29 is 36.9 Å². The first-order valence-corrected chi connectivity index (χ1v) is 14.7. The molecule has 13 heteroatoms. The van der Waals surface area contributed by atoms with Crippen LogP contribution in [0.1, 0.15) is 29.7 Å². The van der Waals surface area contributed by atoms with E-state index in [0.717, 1.165) is 21.5 Å². The van der Waals surface area contributed by atoms with Crippen LogP contribution in [0.15, 0.2) is 87.8 Å². The summed E-state index contributed by atoms with van der Waals surface area (Å²) in [4.78, 5) is 30.3. The zero-order valence-electron chi connectivity index (χ0n) is 24.2. The van der Waals surface area contributed by atoms with Gasteiger partial charge in [0.2, 0.25) is 0 Å². The number of alkyl halides is 3. The molecule has 234 valence electrons. The van der Waals surface area contributed by atoms with Gasteiger partial charge in [-0.1, -0.05) is 47.2 Å². The van der Waals surface area contributed by atoms with Crippen LogP contribution in [0.3, 0.4) is 0 Å². The number of rotatable bonds is 9. The van der Waals surface area contributed by atoms with Crippen LogP contribution in [0, 0.1) is 0 Å². The Kier molecular flexibility index (Phi) is 9.35. The molecule has 0 unspecified atom stereocenters. The number of hydrogen-bond donors (Lipinski definition) is 0. The van der Waals surface area contributed by atoms with Crippen molar-refractivity contribution in [2.24, 2.45) is 4.99 Å². The van der Waals surface area contributed by atoms with E-state index in [1.165, 1.54) is 31.2 Å². The van der Waals surface area contributed by atoms with E-state index >= 15 is 0 Å². The summed E-state index contributed by atoms with van der Waals surface area (Å²) in [5.74, 6) is 0.612. The zero-order valence-corrected chi connectivity index (χ0v) is 25.8. The average molecular weight is 659 g/mol. The number of benzene rings is 3. The molecule has 8 nitrogen and oxygen atoms in total. The molecule has 4 aromatic rings. The standard InChI is InChI=1S/C32H26ClF3N2O6S/c1-4-43-30(40)26-27(19-7-9-21(33)10-8-19)38-29(39)25(45-31(38)37-28(26)32(34,35)36)15-18-5-11-22(12-6-18)44-17-20-16-23(41-2)13-14-24(20)42-3/h5-16,27H,4,17H2,1-3H3/b25-15-/t27-/m1/s1. The van der Waals surface area contributed by atoms with Crippen molar-refractivity contribution >= 4 is 35.0 Å². The fourth-order valence-corrected chi connectivity index (χ4v) is 5.90. The third-order valence-corrected chi connectivity index (χ3v) is 8.08. The molecule has 0 bridgehead atoms. The van der Waals surface area contributed by atoms with Crippen molar-refractivity contribution in [3.8, 4) is 17.2 Å². The molecule has 0 spiro atoms. The molecule has 0 fully saturated rings. The molecule has 2 heterocycles. The molecule has 1 atom stereocenters. The van der Waals surface area contributed by atoms with Gasteiger partial charge in [-0.25, -0.2) is 9.79 Å². The third-order valence-electron chi connectivity index (χ3n) is 6.84. The van der Waals surface area contributed by atoms with E-state index in [4.69, 9.17) is 30.5 Å². The van der Waals surface area contributed by atoms with Gasteiger partial charge in [-0.3, -0.25) is 9.36 Å². The molecule has 1 aliphatic rings. The number of thiazole rings is 1. The monoisotopic (exact) mass is 658 g/mol. The van der Waals surface area contributed by atoms with Gasteiger partial charge in [0.15, 0.2) is 10.5 Å². The highest BCUT2D eigenvalue weighted by Crippen LogP contribution is 2.38. The molecule has 5 rings (SSSR count). The van der Waals surface area contributed by atoms with Gasteiger partial charge in [0.25, 0.3) is 5.56 Å². The Morgan fingerprint density at radius 3 is 2.33 bits per heavy atom. The molecule has 3 aromatic carbocycles. The lowest BCUT2D eigenvalue weighted by Crippen LogP contribution is -2.41. The molecule has 45 heavy (non-hydrogen) atoms. The lowest BCUT2D eigenvalue weighted by Gasteiger charge is -2.26. The summed E-state index contributed by atoms with van der Waals surface area (Å²) >= 11 is 6.80. The van der Waals surface area contributed by atoms with Crippen LogP contribution in [0.2, 0.25) is 5.02 Å². The maximum atomic E-state index is 14.3. The van der Waals surface area contributed by atoms with Crippen molar-refractivity contribution in [3.05, 3.63) is 119 Å². The first-order chi connectivity index (χ1) is 21.5. The number of carbonyl (C=O) groups is 1. The van der Waals surface area contributed by atoms with E-state index in [9.17, 15) is 22.8 Å². The Labute approximate surface area is 264 Å². The molecule has 1 aromatic heterocycles. The normalized spacial score (nSPS) is 14.9. The SMILES string of the molecule is CCOC(=O)C1=C(C(F)(F)F)N=c2s/c(=C\c3ccc(OCc4cc(OC)ccc4OC)cc3)c(=O)n2[C@@H]1c1ccc(Cl)cc1. The number of carbonyl (C=O) groups excluding carboxylic acids is 1. The lowest BCUT2D eigenvalue weighted by atomic mass is 9.95. The summed E-state index contributed by atoms with van der Waals surface area (Å²) in [6, 6.07) is 16.6. The van der Waals surface area contributed by atoms with E-state index in [1.807, 2.05) is 6.07 Å². The van der Waals surface area contributed by atoms with E-state index < -0.39 is 35.0 Å². The number of ether oxygens (including phenoxy) is 4. The molecule has 0 aliphatic carbocycles. The fourth-order valence-electron chi connectivity index (χ4n) is 4.77. The fraction of sp³-hybridized carbons (Fsp3) is 0.219. The first kappa shape index (κ1) is 31.9. The second-order valence-electron chi connectivity index (χ2n) is 9.65. The average Bonchev–Trinajstić information content (AvgIpc) is 3.34. The Bertz CT molecular complexity index is 1930. The van der Waals surface area contributed by atoms with Crippen molar-refractivity contribution in [1.82, 2.24) is 4.57 Å². The van der Waals surface area contributed by atoms with Crippen LogP contribution in [-0.2, 0) is 16.1 Å². The lowest BCUT2D eigenvalue weighted by molar-refractivity contribution is -0.140. The highest BCUT2D eigenvalue weighted by Gasteiger charge is 2.45. The summed E-state index contributed by atoms with van der Waals surface area (Å²) in [5, 5.41) is 0.332. The minimum absolute atomic E-state index is 0.120. The smallest absolute Gasteiger partial charge is 0.434 e. The molecule has 0 saturated heterocycles. The number of fused-ring (bicyclic) bond motifs is 1. The molecule has 0 radical (unpaired) electrons. The maximum Gasteiger partial charge on any atom is 0.434 e. The van der Waals surface area contributed by atoms with Gasteiger partial charge in [-0.2, -0.15) is 13.2 Å². The second-order valence-corrected chi connectivity index (χ2v) is 11.1. The van der Waals surface area contributed by atoms with Crippen molar-refractivity contribution in [2.45, 2.75) is 25.7 Å². The highest BCUT2D eigenvalue weighted by atomic mass is 35.5. The van der Waals surface area contributed by atoms with E-state index in [2.05, 4.69) is 4.99 Å². The Hall–Kier alpha value is -4.55. The summed E-state index contributed by atoms with van der Waals surface area (Å²) < 4.78 is 65.6. The van der Waals surface area contributed by atoms with Gasteiger partial charge in [-0.05, 0) is 66.6 Å². The number of allylic oxidation sites excluding steroid dienone is 1. The molecule has 0 saturated carbocycles. The van der Waals surface area contributed by atoms with E-state index in [1.54, 1.807) is 56.7 Å². The minimum atomic E-state index is -4.99. The maximum absolute atomic E-state index is 14.3. The van der Waals surface area contributed by atoms with Gasteiger partial charge < -0.3 is 18.9 Å². The summed E-state index contributed by atoms with van der Waals surface area (Å²) in [6.45, 7) is 1.51. The molecule has 0 N–H and O–H groups in total. The van der Waals surface area contributed by atoms with Gasteiger partial charge >= 0.3 is 12.1 Å². The number of esters is 1. The van der Waals surface area contributed by atoms with E-state index in [0.29, 0.717) is 27.8 Å². The second kappa shape index (κ2) is 13.2. The Balaban J connectivity index is 1.53. The van der Waals surface area contributed by atoms with E-state index in [-0.39, 0.29) is 28.1 Å². The topological polar surface area (TPSA) is 88.4 Å². The van der Waals surface area contributed by atoms with Gasteiger partial charge in [0.05, 0.1) is 37.0 Å². The first-order valence-electron chi connectivity index (χ1n) is 13.5. The van der Waals surface area contributed by atoms with Gasteiger partial charge in [0, 0.05) is 10.6 Å². The molecule has 0 amide bonds. The summed E-state index contributed by atoms with van der Waals surface area (Å²) in [7, 11) is 3.12. The molecule has 1 aliphatic heterocycles. The summed E-state index contributed by atoms with van der Waals surface area (Å²) in [6.07, 6.45) is -3.45. The predicted octanol–water partition coefficient (Wildman–Crippen LogP) is 5.59. The van der Waals surface area contributed by atoms with Crippen molar-refractivity contribution in [3.63, 3.8) is 0 Å². The van der Waals surface area contributed by atoms with Crippen LogP contribution < -0.4 is 29.1 Å². The highest BCUT2D eigenvalue weighted by molar-refractivity contribution is 7.07. The van der Waals surface area contributed by atoms with Crippen LogP contribution in [0.25, 0.3) is 6.08 Å². The summed E-state index contributed by atoms with van der Waals surface area (Å²) in [5.41, 5.74) is -1.20. The minimum Gasteiger partial charge on any atom is -0.497 e. The number of nitrogens with zero attached hydrogens (tertiary/aromatic N) is 2. The number of aromatic nitrogens is 1. The Morgan fingerprint density at radius 1 is 1.02 bits per heavy atom. The van der Waals surface area contributed by atoms with Crippen LogP contribution >= 0.6 is 22.9 Å². The Morgan fingerprint density at radius 2 is 1.71 bits per heavy atom.